The number of benzene rings is 1. The average molecular weight is 363 g/mol. The van der Waals surface area contributed by atoms with Gasteiger partial charge in [0.1, 0.15) is 0 Å². The topological polar surface area (TPSA) is 66.9 Å². The monoisotopic (exact) mass is 362 g/mol. The van der Waals surface area contributed by atoms with E-state index in [2.05, 4.69) is 46.0 Å². The lowest BCUT2D eigenvalue weighted by Gasteiger charge is -2.26. The van der Waals surface area contributed by atoms with Gasteiger partial charge in [0.25, 0.3) is 0 Å². The van der Waals surface area contributed by atoms with Gasteiger partial charge in [-0.05, 0) is 36.8 Å². The molecule has 1 aliphatic rings. The number of rotatable bonds is 7. The van der Waals surface area contributed by atoms with Crippen LogP contribution in [0, 0.1) is 0 Å². The first kappa shape index (κ1) is 17.2. The van der Waals surface area contributed by atoms with Gasteiger partial charge in [0, 0.05) is 6.54 Å². The van der Waals surface area contributed by atoms with Crippen LogP contribution in [0.4, 0.5) is 5.13 Å². The van der Waals surface area contributed by atoms with Crippen LogP contribution in [-0.2, 0) is 11.2 Å². The zero-order chi connectivity index (χ0) is 16.8. The SMILES string of the molecule is CCCNc1nnc(SCC(=O)N[C@H]2CCCc3ccccc32)s1. The van der Waals surface area contributed by atoms with E-state index in [9.17, 15) is 4.79 Å². The summed E-state index contributed by atoms with van der Waals surface area (Å²) in [6.45, 7) is 3.00. The molecule has 24 heavy (non-hydrogen) atoms. The fourth-order valence-corrected chi connectivity index (χ4v) is 4.43. The summed E-state index contributed by atoms with van der Waals surface area (Å²) in [7, 11) is 0. The predicted molar refractivity (Wildman–Crippen MR) is 99.7 cm³/mol. The second-order valence-electron chi connectivity index (χ2n) is 5.80. The maximum atomic E-state index is 12.3. The van der Waals surface area contributed by atoms with E-state index in [4.69, 9.17) is 0 Å². The van der Waals surface area contributed by atoms with Crippen LogP contribution in [0.15, 0.2) is 28.6 Å². The molecular formula is C17H22N4OS2. The number of anilines is 1. The molecule has 1 heterocycles. The summed E-state index contributed by atoms with van der Waals surface area (Å²) < 4.78 is 0.827. The number of fused-ring (bicyclic) bond motifs is 1. The number of nitrogens with zero attached hydrogens (tertiary/aromatic N) is 2. The fourth-order valence-electron chi connectivity index (χ4n) is 2.84. The maximum Gasteiger partial charge on any atom is 0.230 e. The third kappa shape index (κ3) is 4.48. The highest BCUT2D eigenvalue weighted by molar-refractivity contribution is 8.01. The van der Waals surface area contributed by atoms with E-state index in [0.717, 1.165) is 41.7 Å². The number of carbonyl (C=O) groups is 1. The first-order valence-electron chi connectivity index (χ1n) is 8.33. The highest BCUT2D eigenvalue weighted by Gasteiger charge is 2.21. The van der Waals surface area contributed by atoms with Crippen molar-refractivity contribution in [1.82, 2.24) is 15.5 Å². The molecule has 0 radical (unpaired) electrons. The van der Waals surface area contributed by atoms with Crippen molar-refractivity contribution in [2.45, 2.75) is 43.0 Å². The molecule has 3 rings (SSSR count). The summed E-state index contributed by atoms with van der Waals surface area (Å²) in [6.07, 6.45) is 4.29. The molecule has 0 saturated carbocycles. The van der Waals surface area contributed by atoms with Gasteiger partial charge >= 0.3 is 0 Å². The zero-order valence-electron chi connectivity index (χ0n) is 13.7. The summed E-state index contributed by atoms with van der Waals surface area (Å²) in [4.78, 5) is 12.3. The average Bonchev–Trinajstić information content (AvgIpc) is 3.06. The molecular weight excluding hydrogens is 340 g/mol. The molecule has 1 atom stereocenters. The first-order chi connectivity index (χ1) is 11.8. The lowest BCUT2D eigenvalue weighted by molar-refractivity contribution is -0.119. The molecule has 0 spiro atoms. The number of hydrogen-bond donors (Lipinski definition) is 2. The molecule has 0 saturated heterocycles. The van der Waals surface area contributed by atoms with Crippen molar-refractivity contribution >= 4 is 34.1 Å². The second kappa shape index (κ2) is 8.48. The van der Waals surface area contributed by atoms with Gasteiger partial charge < -0.3 is 10.6 Å². The Morgan fingerprint density at radius 3 is 3.12 bits per heavy atom. The molecule has 2 N–H and O–H groups in total. The molecule has 0 unspecified atom stereocenters. The largest absolute Gasteiger partial charge is 0.360 e. The standard InChI is InChI=1S/C17H22N4OS2/c1-2-10-18-16-20-21-17(24-16)23-11-15(22)19-14-9-5-7-12-6-3-4-8-13(12)14/h3-4,6,8,14H,2,5,7,9-11H2,1H3,(H,18,20)(H,19,22)/t14-/m0/s1. The second-order valence-corrected chi connectivity index (χ2v) is 8.00. The number of carbonyl (C=O) groups excluding carboxylic acids is 1. The normalized spacial score (nSPS) is 16.5. The van der Waals surface area contributed by atoms with E-state index in [1.165, 1.54) is 34.2 Å². The Balaban J connectivity index is 1.50. The minimum absolute atomic E-state index is 0.0555. The van der Waals surface area contributed by atoms with Crippen molar-refractivity contribution in [1.29, 1.82) is 0 Å². The molecule has 1 amide bonds. The van der Waals surface area contributed by atoms with Gasteiger partial charge in [0.15, 0.2) is 4.34 Å². The highest BCUT2D eigenvalue weighted by atomic mass is 32.2. The molecule has 0 aliphatic heterocycles. The maximum absolute atomic E-state index is 12.3. The van der Waals surface area contributed by atoms with Gasteiger partial charge in [-0.3, -0.25) is 4.79 Å². The van der Waals surface area contributed by atoms with Crippen molar-refractivity contribution in [2.24, 2.45) is 0 Å². The van der Waals surface area contributed by atoms with Crippen LogP contribution < -0.4 is 10.6 Å². The molecule has 5 nitrogen and oxygen atoms in total. The van der Waals surface area contributed by atoms with E-state index in [-0.39, 0.29) is 11.9 Å². The lowest BCUT2D eigenvalue weighted by atomic mass is 9.88. The minimum Gasteiger partial charge on any atom is -0.360 e. The van der Waals surface area contributed by atoms with Crippen LogP contribution in [0.3, 0.4) is 0 Å². The molecule has 7 heteroatoms. The number of nitrogens with one attached hydrogen (secondary N) is 2. The van der Waals surface area contributed by atoms with Crippen molar-refractivity contribution in [3.8, 4) is 0 Å². The zero-order valence-corrected chi connectivity index (χ0v) is 15.4. The van der Waals surface area contributed by atoms with Crippen molar-refractivity contribution in [2.75, 3.05) is 17.6 Å². The summed E-state index contributed by atoms with van der Waals surface area (Å²) in [5.41, 5.74) is 2.63. The van der Waals surface area contributed by atoms with Crippen molar-refractivity contribution in [3.63, 3.8) is 0 Å². The van der Waals surface area contributed by atoms with E-state index < -0.39 is 0 Å². The van der Waals surface area contributed by atoms with Gasteiger partial charge in [-0.15, -0.1) is 10.2 Å². The van der Waals surface area contributed by atoms with Crippen LogP contribution in [0.1, 0.15) is 43.4 Å². The van der Waals surface area contributed by atoms with E-state index in [1.54, 1.807) is 0 Å². The Kier molecular flexibility index (Phi) is 6.09. The Hall–Kier alpha value is -1.60. The van der Waals surface area contributed by atoms with Crippen LogP contribution >= 0.6 is 23.1 Å². The van der Waals surface area contributed by atoms with Gasteiger partial charge in [-0.2, -0.15) is 0 Å². The summed E-state index contributed by atoms with van der Waals surface area (Å²) in [6, 6.07) is 8.54. The Morgan fingerprint density at radius 1 is 1.38 bits per heavy atom. The van der Waals surface area contributed by atoms with Gasteiger partial charge in [0.05, 0.1) is 11.8 Å². The Morgan fingerprint density at radius 2 is 2.25 bits per heavy atom. The van der Waals surface area contributed by atoms with Crippen LogP contribution in [-0.4, -0.2) is 28.4 Å². The van der Waals surface area contributed by atoms with Crippen LogP contribution in [0.5, 0.6) is 0 Å². The highest BCUT2D eigenvalue weighted by Crippen LogP contribution is 2.30. The molecule has 0 fully saturated rings. The van der Waals surface area contributed by atoms with Crippen molar-refractivity contribution in [3.05, 3.63) is 35.4 Å². The first-order valence-corrected chi connectivity index (χ1v) is 10.1. The molecule has 2 aromatic rings. The summed E-state index contributed by atoms with van der Waals surface area (Å²) >= 11 is 2.94. The molecule has 0 bridgehead atoms. The van der Waals surface area contributed by atoms with Gasteiger partial charge in [-0.1, -0.05) is 54.3 Å². The van der Waals surface area contributed by atoms with E-state index in [0.29, 0.717) is 5.75 Å². The number of aromatic nitrogens is 2. The number of thioether (sulfide) groups is 1. The number of aryl methyl sites for hydroxylation is 1. The van der Waals surface area contributed by atoms with Gasteiger partial charge in [-0.25, -0.2) is 0 Å². The van der Waals surface area contributed by atoms with Crippen LogP contribution in [0.2, 0.25) is 0 Å². The molecule has 1 aromatic heterocycles. The smallest absolute Gasteiger partial charge is 0.230 e. The molecule has 1 aliphatic carbocycles. The Bertz CT molecular complexity index is 689. The third-order valence-corrected chi connectivity index (χ3v) is 5.98. The summed E-state index contributed by atoms with van der Waals surface area (Å²) in [5.74, 6) is 0.432. The third-order valence-electron chi connectivity index (χ3n) is 3.96. The lowest BCUT2D eigenvalue weighted by Crippen LogP contribution is -2.32. The van der Waals surface area contributed by atoms with Gasteiger partial charge in [0.2, 0.25) is 11.0 Å². The van der Waals surface area contributed by atoms with Crippen LogP contribution in [0.25, 0.3) is 0 Å². The minimum atomic E-state index is 0.0555. The number of amides is 1. The molecule has 128 valence electrons. The van der Waals surface area contributed by atoms with E-state index >= 15 is 0 Å². The van der Waals surface area contributed by atoms with E-state index in [1.807, 2.05) is 6.07 Å². The summed E-state index contributed by atoms with van der Waals surface area (Å²) in [5, 5.41) is 15.4. The fraction of sp³-hybridized carbons (Fsp3) is 0.471. The molecule has 1 aromatic carbocycles. The predicted octanol–water partition coefficient (Wildman–Crippen LogP) is 3.65. The quantitative estimate of drug-likeness (QED) is 0.736. The van der Waals surface area contributed by atoms with Crippen molar-refractivity contribution < 1.29 is 4.79 Å². The Labute approximate surface area is 150 Å². The number of hydrogen-bond acceptors (Lipinski definition) is 6.